The molecule has 2 rings (SSSR count). The molecule has 0 aromatic carbocycles. The lowest BCUT2D eigenvalue weighted by Crippen LogP contribution is -2.34. The van der Waals surface area contributed by atoms with Gasteiger partial charge in [-0.25, -0.2) is 4.98 Å². The fourth-order valence-corrected chi connectivity index (χ4v) is 2.47. The van der Waals surface area contributed by atoms with Gasteiger partial charge in [0.2, 0.25) is 0 Å². The Bertz CT molecular complexity index is 505. The van der Waals surface area contributed by atoms with Crippen molar-refractivity contribution >= 4 is 11.3 Å². The second kappa shape index (κ2) is 5.24. The largest absolute Gasteiger partial charge is 0.347 e. The van der Waals surface area contributed by atoms with Crippen LogP contribution >= 0.6 is 11.3 Å². The Balaban J connectivity index is 1.94. The molecule has 1 N–H and O–H groups in total. The van der Waals surface area contributed by atoms with Gasteiger partial charge in [0.05, 0.1) is 6.54 Å². The van der Waals surface area contributed by atoms with E-state index in [4.69, 9.17) is 0 Å². The first-order valence-electron chi connectivity index (χ1n) is 6.23. The molecule has 0 spiro atoms. The third-order valence-electron chi connectivity index (χ3n) is 2.62. The van der Waals surface area contributed by atoms with Gasteiger partial charge < -0.3 is 9.88 Å². The number of aryl methyl sites for hydroxylation is 1. The van der Waals surface area contributed by atoms with E-state index in [2.05, 4.69) is 59.5 Å². The van der Waals surface area contributed by atoms with Gasteiger partial charge in [-0.15, -0.1) is 11.3 Å². The van der Waals surface area contributed by atoms with Crippen molar-refractivity contribution in [3.8, 4) is 0 Å². The van der Waals surface area contributed by atoms with E-state index in [9.17, 15) is 0 Å². The van der Waals surface area contributed by atoms with E-state index < -0.39 is 0 Å². The fourth-order valence-electron chi connectivity index (χ4n) is 1.69. The highest BCUT2D eigenvalue weighted by Crippen LogP contribution is 2.12. The Morgan fingerprint density at radius 1 is 1.39 bits per heavy atom. The number of nitrogens with one attached hydrogen (secondary N) is 1. The summed E-state index contributed by atoms with van der Waals surface area (Å²) in [4.78, 5) is 4.48. The molecule has 0 amide bonds. The minimum Gasteiger partial charge on any atom is -0.347 e. The smallest absolute Gasteiger partial charge is 0.113 e. The van der Waals surface area contributed by atoms with Gasteiger partial charge in [-0.1, -0.05) is 0 Å². The summed E-state index contributed by atoms with van der Waals surface area (Å²) in [5, 5.41) is 6.76. The zero-order chi connectivity index (χ0) is 13.2. The summed E-state index contributed by atoms with van der Waals surface area (Å²) < 4.78 is 2.19. The molecule has 2 aromatic heterocycles. The van der Waals surface area contributed by atoms with Crippen LogP contribution in [0, 0.1) is 6.92 Å². The molecule has 4 heteroatoms. The highest BCUT2D eigenvalue weighted by Gasteiger charge is 2.09. The van der Waals surface area contributed by atoms with Crippen molar-refractivity contribution in [1.29, 1.82) is 0 Å². The molecule has 0 aliphatic carbocycles. The summed E-state index contributed by atoms with van der Waals surface area (Å²) in [5.41, 5.74) is 2.59. The lowest BCUT2D eigenvalue weighted by molar-refractivity contribution is 0.424. The summed E-state index contributed by atoms with van der Waals surface area (Å²) in [6.07, 6.45) is 4.31. The molecule has 0 aliphatic heterocycles. The predicted octanol–water partition coefficient (Wildman–Crippen LogP) is 3.19. The quantitative estimate of drug-likeness (QED) is 0.918. The third-order valence-corrected chi connectivity index (χ3v) is 3.57. The molecular weight excluding hydrogens is 242 g/mol. The minimum absolute atomic E-state index is 0.161. The molecule has 0 saturated carbocycles. The summed E-state index contributed by atoms with van der Waals surface area (Å²) in [6.45, 7) is 10.4. The van der Waals surface area contributed by atoms with Crippen LogP contribution < -0.4 is 5.32 Å². The van der Waals surface area contributed by atoms with Gasteiger partial charge in [0.15, 0.2) is 0 Å². The van der Waals surface area contributed by atoms with Crippen LogP contribution in [0.5, 0.6) is 0 Å². The topological polar surface area (TPSA) is 29.9 Å². The zero-order valence-corrected chi connectivity index (χ0v) is 12.3. The molecule has 0 fully saturated rings. The van der Waals surface area contributed by atoms with Gasteiger partial charge in [0.25, 0.3) is 0 Å². The minimum atomic E-state index is 0.161. The van der Waals surface area contributed by atoms with Crippen molar-refractivity contribution in [1.82, 2.24) is 14.9 Å². The maximum atomic E-state index is 4.48. The van der Waals surface area contributed by atoms with Crippen molar-refractivity contribution in [2.24, 2.45) is 0 Å². The van der Waals surface area contributed by atoms with Gasteiger partial charge in [-0.3, -0.25) is 0 Å². The molecule has 0 aliphatic rings. The van der Waals surface area contributed by atoms with Crippen molar-refractivity contribution in [3.63, 3.8) is 0 Å². The second-order valence-corrected chi connectivity index (χ2v) is 6.62. The van der Waals surface area contributed by atoms with Crippen LogP contribution in [0.4, 0.5) is 0 Å². The average Bonchev–Trinajstić information content (AvgIpc) is 2.85. The molecule has 0 bridgehead atoms. The molecule has 3 nitrogen and oxygen atoms in total. The van der Waals surface area contributed by atoms with Crippen molar-refractivity contribution in [3.05, 3.63) is 40.1 Å². The molecule has 98 valence electrons. The normalized spacial score (nSPS) is 12.0. The monoisotopic (exact) mass is 263 g/mol. The van der Waals surface area contributed by atoms with E-state index in [-0.39, 0.29) is 5.54 Å². The molecule has 18 heavy (non-hydrogen) atoms. The lowest BCUT2D eigenvalue weighted by atomic mass is 10.1. The second-order valence-electron chi connectivity index (χ2n) is 5.68. The highest BCUT2D eigenvalue weighted by atomic mass is 32.1. The average molecular weight is 263 g/mol. The molecule has 0 unspecified atom stereocenters. The number of nitrogens with zero attached hydrogens (tertiary/aromatic N) is 2. The van der Waals surface area contributed by atoms with Crippen molar-refractivity contribution < 1.29 is 0 Å². The summed E-state index contributed by atoms with van der Waals surface area (Å²) in [5.74, 6) is 0. The van der Waals surface area contributed by atoms with Gasteiger partial charge in [0.1, 0.15) is 5.01 Å². The highest BCUT2D eigenvalue weighted by molar-refractivity contribution is 7.09. The van der Waals surface area contributed by atoms with E-state index in [1.807, 2.05) is 6.92 Å². The molecule has 0 radical (unpaired) electrons. The fraction of sp³-hybridized carbons (Fsp3) is 0.500. The van der Waals surface area contributed by atoms with Crippen molar-refractivity contribution in [2.45, 2.75) is 46.3 Å². The van der Waals surface area contributed by atoms with E-state index in [1.54, 1.807) is 11.3 Å². The molecular formula is C14H21N3S. The first-order valence-corrected chi connectivity index (χ1v) is 7.11. The van der Waals surface area contributed by atoms with E-state index in [1.165, 1.54) is 10.6 Å². The first-order chi connectivity index (χ1) is 8.42. The van der Waals surface area contributed by atoms with Crippen LogP contribution in [0.2, 0.25) is 0 Å². The number of hydrogen-bond acceptors (Lipinski definition) is 3. The number of rotatable bonds is 4. The van der Waals surface area contributed by atoms with E-state index in [0.717, 1.165) is 18.8 Å². The Hall–Kier alpha value is -1.13. The third kappa shape index (κ3) is 3.96. The first kappa shape index (κ1) is 13.3. The maximum absolute atomic E-state index is 4.48. The van der Waals surface area contributed by atoms with Crippen LogP contribution in [0.25, 0.3) is 0 Å². The van der Waals surface area contributed by atoms with Crippen molar-refractivity contribution in [2.75, 3.05) is 0 Å². The predicted molar refractivity (Wildman–Crippen MR) is 77.0 cm³/mol. The summed E-state index contributed by atoms with van der Waals surface area (Å²) in [7, 11) is 0. The summed E-state index contributed by atoms with van der Waals surface area (Å²) in [6, 6.07) is 2.17. The van der Waals surface area contributed by atoms with Crippen LogP contribution in [-0.2, 0) is 13.1 Å². The Morgan fingerprint density at radius 2 is 2.17 bits per heavy atom. The van der Waals surface area contributed by atoms with Crippen LogP contribution in [-0.4, -0.2) is 15.1 Å². The van der Waals surface area contributed by atoms with Gasteiger partial charge in [-0.05, 0) is 39.3 Å². The molecule has 2 aromatic rings. The Morgan fingerprint density at radius 3 is 2.78 bits per heavy atom. The van der Waals surface area contributed by atoms with Gasteiger partial charge in [-0.2, -0.15) is 0 Å². The molecule has 0 saturated heterocycles. The number of thiazole rings is 1. The van der Waals surface area contributed by atoms with E-state index in [0.29, 0.717) is 0 Å². The van der Waals surface area contributed by atoms with Gasteiger partial charge in [0, 0.05) is 35.6 Å². The molecule has 0 atom stereocenters. The standard InChI is InChI=1S/C14H21N3S/c1-11-10-18-13(16-11)9-17-6-5-12(8-17)7-15-14(2,3)4/h5-6,8,10,15H,7,9H2,1-4H3. The number of hydrogen-bond donors (Lipinski definition) is 1. The maximum Gasteiger partial charge on any atom is 0.113 e. The van der Waals surface area contributed by atoms with Crippen LogP contribution in [0.3, 0.4) is 0 Å². The Kier molecular flexibility index (Phi) is 3.88. The summed E-state index contributed by atoms with van der Waals surface area (Å²) >= 11 is 1.72. The lowest BCUT2D eigenvalue weighted by Gasteiger charge is -2.19. The SMILES string of the molecule is Cc1csc(Cn2ccc(CNC(C)(C)C)c2)n1. The van der Waals surface area contributed by atoms with E-state index >= 15 is 0 Å². The zero-order valence-electron chi connectivity index (χ0n) is 11.5. The molecule has 2 heterocycles. The van der Waals surface area contributed by atoms with Crippen LogP contribution in [0.1, 0.15) is 37.0 Å². The Labute approximate surface area is 113 Å². The van der Waals surface area contributed by atoms with Gasteiger partial charge >= 0.3 is 0 Å². The number of aromatic nitrogens is 2. The van der Waals surface area contributed by atoms with Crippen LogP contribution in [0.15, 0.2) is 23.8 Å².